The van der Waals surface area contributed by atoms with E-state index < -0.39 is 16.1 Å². The van der Waals surface area contributed by atoms with Crippen molar-refractivity contribution in [3.63, 3.8) is 0 Å². The fourth-order valence-corrected chi connectivity index (χ4v) is 3.46. The summed E-state index contributed by atoms with van der Waals surface area (Å²) in [5.74, 6) is 0. The highest BCUT2D eigenvalue weighted by Gasteiger charge is 2.30. The maximum atomic E-state index is 12.5. The Kier molecular flexibility index (Phi) is 3.90. The predicted octanol–water partition coefficient (Wildman–Crippen LogP) is 1.22. The second-order valence-corrected chi connectivity index (χ2v) is 6.54. The zero-order valence-corrected chi connectivity index (χ0v) is 11.8. The van der Waals surface area contributed by atoms with Crippen molar-refractivity contribution in [2.45, 2.75) is 24.8 Å². The van der Waals surface area contributed by atoms with Crippen molar-refractivity contribution in [2.24, 2.45) is 0 Å². The van der Waals surface area contributed by atoms with Crippen LogP contribution in [0.4, 0.5) is 0 Å². The smallest absolute Gasteiger partial charge is 0.243 e. The molecule has 6 heteroatoms. The number of aryl methyl sites for hydroxylation is 2. The Morgan fingerprint density at radius 1 is 1.37 bits per heavy atom. The molecular formula is C13H16N2O3S. The molecule has 1 aromatic carbocycles. The number of ether oxygens (including phenoxy) is 1. The molecule has 0 aliphatic carbocycles. The Bertz CT molecular complexity index is 619. The van der Waals surface area contributed by atoms with Gasteiger partial charge in [0.2, 0.25) is 10.0 Å². The van der Waals surface area contributed by atoms with Crippen LogP contribution in [0.2, 0.25) is 0 Å². The first-order chi connectivity index (χ1) is 8.95. The molecule has 1 heterocycles. The van der Waals surface area contributed by atoms with Gasteiger partial charge in [0.1, 0.15) is 0 Å². The van der Waals surface area contributed by atoms with Gasteiger partial charge in [-0.3, -0.25) is 0 Å². The molecule has 0 aromatic heterocycles. The molecule has 1 aliphatic rings. The molecule has 1 aromatic rings. The number of rotatable bonds is 2. The molecular weight excluding hydrogens is 264 g/mol. The molecule has 1 aliphatic heterocycles. The third-order valence-corrected chi connectivity index (χ3v) is 5.15. The maximum Gasteiger partial charge on any atom is 0.243 e. The van der Waals surface area contributed by atoms with Crippen molar-refractivity contribution >= 4 is 10.0 Å². The van der Waals surface area contributed by atoms with E-state index in [0.717, 1.165) is 11.1 Å². The lowest BCUT2D eigenvalue weighted by Gasteiger charge is -2.29. The lowest BCUT2D eigenvalue weighted by atomic mass is 10.1. The van der Waals surface area contributed by atoms with E-state index in [4.69, 9.17) is 10.00 Å². The maximum absolute atomic E-state index is 12.5. The highest BCUT2D eigenvalue weighted by molar-refractivity contribution is 7.89. The Labute approximate surface area is 113 Å². The molecule has 1 saturated heterocycles. The molecule has 0 spiro atoms. The van der Waals surface area contributed by atoms with E-state index in [1.165, 1.54) is 4.31 Å². The van der Waals surface area contributed by atoms with Crippen LogP contribution >= 0.6 is 0 Å². The number of hydrogen-bond donors (Lipinski definition) is 0. The van der Waals surface area contributed by atoms with E-state index in [1.54, 1.807) is 18.2 Å². The summed E-state index contributed by atoms with van der Waals surface area (Å²) in [5, 5.41) is 8.83. The van der Waals surface area contributed by atoms with Gasteiger partial charge >= 0.3 is 0 Å². The highest BCUT2D eigenvalue weighted by Crippen LogP contribution is 2.21. The summed E-state index contributed by atoms with van der Waals surface area (Å²) in [4.78, 5) is 0.272. The van der Waals surface area contributed by atoms with E-state index in [0.29, 0.717) is 0 Å². The molecule has 1 atom stereocenters. The number of benzene rings is 1. The fourth-order valence-electron chi connectivity index (χ4n) is 1.95. The average molecular weight is 280 g/mol. The second-order valence-electron chi connectivity index (χ2n) is 4.60. The number of nitriles is 1. The van der Waals surface area contributed by atoms with E-state index in [2.05, 4.69) is 0 Å². The van der Waals surface area contributed by atoms with Crippen LogP contribution in [0.3, 0.4) is 0 Å². The van der Waals surface area contributed by atoms with Crippen molar-refractivity contribution in [1.82, 2.24) is 4.31 Å². The molecule has 0 radical (unpaired) electrons. The number of hydrogen-bond acceptors (Lipinski definition) is 4. The minimum Gasteiger partial charge on any atom is -0.361 e. The van der Waals surface area contributed by atoms with Gasteiger partial charge in [-0.1, -0.05) is 6.07 Å². The van der Waals surface area contributed by atoms with E-state index >= 15 is 0 Å². The summed E-state index contributed by atoms with van der Waals surface area (Å²) in [6.07, 6.45) is -0.685. The topological polar surface area (TPSA) is 70.4 Å². The lowest BCUT2D eigenvalue weighted by molar-refractivity contribution is 0.0311. The van der Waals surface area contributed by atoms with Crippen molar-refractivity contribution in [1.29, 1.82) is 5.26 Å². The van der Waals surface area contributed by atoms with E-state index in [1.807, 2.05) is 19.9 Å². The first-order valence-electron chi connectivity index (χ1n) is 6.04. The Morgan fingerprint density at radius 3 is 2.74 bits per heavy atom. The van der Waals surface area contributed by atoms with Crippen molar-refractivity contribution in [2.75, 3.05) is 19.7 Å². The van der Waals surface area contributed by atoms with Gasteiger partial charge in [-0.2, -0.15) is 9.57 Å². The Hall–Kier alpha value is -1.42. The predicted molar refractivity (Wildman–Crippen MR) is 70.0 cm³/mol. The summed E-state index contributed by atoms with van der Waals surface area (Å²) in [5.41, 5.74) is 1.99. The molecule has 102 valence electrons. The van der Waals surface area contributed by atoms with E-state index in [-0.39, 0.29) is 24.6 Å². The van der Waals surface area contributed by atoms with Crippen molar-refractivity contribution < 1.29 is 13.2 Å². The van der Waals surface area contributed by atoms with Crippen LogP contribution in [0.5, 0.6) is 0 Å². The van der Waals surface area contributed by atoms with Gasteiger partial charge < -0.3 is 4.74 Å². The highest BCUT2D eigenvalue weighted by atomic mass is 32.2. The monoisotopic (exact) mass is 280 g/mol. The van der Waals surface area contributed by atoms with Gasteiger partial charge in [0.15, 0.2) is 6.10 Å². The molecule has 0 bridgehead atoms. The largest absolute Gasteiger partial charge is 0.361 e. The van der Waals surface area contributed by atoms with Crippen LogP contribution < -0.4 is 0 Å². The quantitative estimate of drug-likeness (QED) is 0.816. The minimum atomic E-state index is -3.54. The fraction of sp³-hybridized carbons (Fsp3) is 0.462. The molecule has 19 heavy (non-hydrogen) atoms. The molecule has 0 amide bonds. The van der Waals surface area contributed by atoms with Gasteiger partial charge in [-0.05, 0) is 37.1 Å². The normalized spacial score (nSPS) is 21.0. The van der Waals surface area contributed by atoms with E-state index in [9.17, 15) is 8.42 Å². The van der Waals surface area contributed by atoms with Crippen LogP contribution in [0, 0.1) is 25.2 Å². The van der Waals surface area contributed by atoms with Crippen LogP contribution in [-0.2, 0) is 14.8 Å². The minimum absolute atomic E-state index is 0.0890. The molecule has 2 rings (SSSR count). The van der Waals surface area contributed by atoms with Gasteiger partial charge in [0.05, 0.1) is 24.1 Å². The third-order valence-electron chi connectivity index (χ3n) is 3.29. The standard InChI is InChI=1S/C13H16N2O3S/c1-10-3-4-13(7-11(10)2)19(16,17)15-5-6-18-12(8-14)9-15/h3-4,7,12H,5-6,9H2,1-2H3. The van der Waals surface area contributed by atoms with Crippen LogP contribution in [0.15, 0.2) is 23.1 Å². The number of nitrogens with zero attached hydrogens (tertiary/aromatic N) is 2. The second kappa shape index (κ2) is 5.29. The van der Waals surface area contributed by atoms with Crippen LogP contribution in [-0.4, -0.2) is 38.5 Å². The molecule has 0 N–H and O–H groups in total. The molecule has 0 saturated carbocycles. The molecule has 5 nitrogen and oxygen atoms in total. The zero-order valence-electron chi connectivity index (χ0n) is 11.0. The van der Waals surface area contributed by atoms with Crippen molar-refractivity contribution in [3.8, 4) is 6.07 Å². The summed E-state index contributed by atoms with van der Waals surface area (Å²) >= 11 is 0. The summed E-state index contributed by atoms with van der Waals surface area (Å²) in [7, 11) is -3.54. The zero-order chi connectivity index (χ0) is 14.0. The Balaban J connectivity index is 2.31. The Morgan fingerprint density at radius 2 is 2.11 bits per heavy atom. The first kappa shape index (κ1) is 14.0. The summed E-state index contributed by atoms with van der Waals surface area (Å²) in [6.45, 7) is 4.44. The van der Waals surface area contributed by atoms with Crippen LogP contribution in [0.25, 0.3) is 0 Å². The number of morpholine rings is 1. The third kappa shape index (κ3) is 2.78. The lowest BCUT2D eigenvalue weighted by Crippen LogP contribution is -2.45. The van der Waals surface area contributed by atoms with Crippen molar-refractivity contribution in [3.05, 3.63) is 29.3 Å². The SMILES string of the molecule is Cc1ccc(S(=O)(=O)N2CCOC(C#N)C2)cc1C. The van der Waals surface area contributed by atoms with Gasteiger partial charge in [-0.25, -0.2) is 8.42 Å². The molecule has 1 unspecified atom stereocenters. The van der Waals surface area contributed by atoms with Gasteiger partial charge in [-0.15, -0.1) is 0 Å². The summed E-state index contributed by atoms with van der Waals surface area (Å²) in [6, 6.07) is 7.02. The molecule has 1 fully saturated rings. The first-order valence-corrected chi connectivity index (χ1v) is 7.48. The average Bonchev–Trinajstić information content (AvgIpc) is 2.41. The van der Waals surface area contributed by atoms with Gasteiger partial charge in [0, 0.05) is 6.54 Å². The number of sulfonamides is 1. The summed E-state index contributed by atoms with van der Waals surface area (Å²) < 4.78 is 31.4. The van der Waals surface area contributed by atoms with Gasteiger partial charge in [0.25, 0.3) is 0 Å². The van der Waals surface area contributed by atoms with Crippen LogP contribution in [0.1, 0.15) is 11.1 Å².